The molecule has 0 N–H and O–H groups in total. The van der Waals surface area contributed by atoms with Crippen LogP contribution in [0.3, 0.4) is 0 Å². The molecule has 0 unspecified atom stereocenters. The van der Waals surface area contributed by atoms with Gasteiger partial charge in [0.1, 0.15) is 5.82 Å². The lowest BCUT2D eigenvalue weighted by molar-refractivity contribution is -0.117. The minimum atomic E-state index is 0. The number of hydrogen-bond acceptors (Lipinski definition) is 3. The number of hydrogen-bond donors (Lipinski definition) is 0. The third-order valence-electron chi connectivity index (χ3n) is 5.55. The highest BCUT2D eigenvalue weighted by atomic mass is 16.2. The highest BCUT2D eigenvalue weighted by Gasteiger charge is 2.38. The van der Waals surface area contributed by atoms with E-state index in [2.05, 4.69) is 62.1 Å². The van der Waals surface area contributed by atoms with Crippen molar-refractivity contribution in [2.24, 2.45) is 5.92 Å². The standard InChI is InChI=1S/C21H27N3O.C2H4.H2/c1-6-17-7-8-20-19(11-17)18(12-21-22-10-9-13(2)23-21)14(3)15(4)24(20)16(5)25;1-2;/h7-11,14-15,18H,6,12H2,1-5H3;1-2H2;1H/t14-,15-,18+;;/m0../s1. The first kappa shape index (κ1) is 20.8. The highest BCUT2D eigenvalue weighted by Crippen LogP contribution is 2.43. The maximum Gasteiger partial charge on any atom is 0.224 e. The van der Waals surface area contributed by atoms with Crippen LogP contribution in [0, 0.1) is 12.8 Å². The van der Waals surface area contributed by atoms with Gasteiger partial charge in [-0.3, -0.25) is 4.79 Å². The van der Waals surface area contributed by atoms with E-state index in [9.17, 15) is 4.79 Å². The quantitative estimate of drug-likeness (QED) is 0.708. The molecule has 1 amide bonds. The second kappa shape index (κ2) is 8.94. The molecule has 0 radical (unpaired) electrons. The maximum absolute atomic E-state index is 12.3. The normalized spacial score (nSPS) is 21.1. The van der Waals surface area contributed by atoms with Gasteiger partial charge in [-0.2, -0.15) is 0 Å². The summed E-state index contributed by atoms with van der Waals surface area (Å²) in [5, 5.41) is 0. The summed E-state index contributed by atoms with van der Waals surface area (Å²) in [4.78, 5) is 23.3. The molecule has 1 aliphatic rings. The minimum absolute atomic E-state index is 0. The molecule has 1 aromatic heterocycles. The Morgan fingerprint density at radius 3 is 2.56 bits per heavy atom. The van der Waals surface area contributed by atoms with E-state index in [0.29, 0.717) is 11.8 Å². The molecule has 0 fully saturated rings. The van der Waals surface area contributed by atoms with Crippen molar-refractivity contribution >= 4 is 11.6 Å². The summed E-state index contributed by atoms with van der Waals surface area (Å²) in [5.41, 5.74) is 4.60. The molecule has 0 aliphatic carbocycles. The van der Waals surface area contributed by atoms with Gasteiger partial charge in [0.15, 0.2) is 0 Å². The number of fused-ring (bicyclic) bond motifs is 1. The molecular formula is C23H33N3O. The summed E-state index contributed by atoms with van der Waals surface area (Å²) in [5.74, 6) is 1.64. The third-order valence-corrected chi connectivity index (χ3v) is 5.55. The number of amides is 1. The van der Waals surface area contributed by atoms with Crippen LogP contribution in [-0.4, -0.2) is 21.9 Å². The first-order valence-corrected chi connectivity index (χ1v) is 9.63. The van der Waals surface area contributed by atoms with E-state index in [4.69, 9.17) is 0 Å². The summed E-state index contributed by atoms with van der Waals surface area (Å²) in [7, 11) is 0. The smallest absolute Gasteiger partial charge is 0.224 e. The van der Waals surface area contributed by atoms with Crippen molar-refractivity contribution in [2.45, 2.75) is 59.4 Å². The molecular weight excluding hydrogens is 334 g/mol. The lowest BCUT2D eigenvalue weighted by Gasteiger charge is -2.43. The van der Waals surface area contributed by atoms with Gasteiger partial charge < -0.3 is 4.90 Å². The number of aromatic nitrogens is 2. The molecule has 3 rings (SSSR count). The topological polar surface area (TPSA) is 46.1 Å². The molecule has 0 bridgehead atoms. The molecule has 4 heteroatoms. The fourth-order valence-corrected chi connectivity index (χ4v) is 3.96. The molecule has 3 atom stereocenters. The summed E-state index contributed by atoms with van der Waals surface area (Å²) in [6, 6.07) is 8.61. The van der Waals surface area contributed by atoms with Crippen molar-refractivity contribution in [3.05, 3.63) is 66.3 Å². The lowest BCUT2D eigenvalue weighted by atomic mass is 9.75. The van der Waals surface area contributed by atoms with Crippen LogP contribution in [0.5, 0.6) is 0 Å². The summed E-state index contributed by atoms with van der Waals surface area (Å²) >= 11 is 0. The Morgan fingerprint density at radius 1 is 1.26 bits per heavy atom. The zero-order chi connectivity index (χ0) is 20.1. The van der Waals surface area contributed by atoms with E-state index in [-0.39, 0.29) is 13.4 Å². The maximum atomic E-state index is 12.3. The summed E-state index contributed by atoms with van der Waals surface area (Å²) in [6.45, 7) is 16.2. The van der Waals surface area contributed by atoms with Crippen LogP contribution < -0.4 is 4.90 Å². The predicted molar refractivity (Wildman–Crippen MR) is 114 cm³/mol. The molecule has 0 saturated carbocycles. The number of anilines is 1. The minimum Gasteiger partial charge on any atom is -0.309 e. The van der Waals surface area contributed by atoms with E-state index in [1.807, 2.05) is 24.1 Å². The zero-order valence-corrected chi connectivity index (χ0v) is 17.2. The molecule has 4 nitrogen and oxygen atoms in total. The van der Waals surface area contributed by atoms with E-state index >= 15 is 0 Å². The van der Waals surface area contributed by atoms with E-state index in [0.717, 1.165) is 30.0 Å². The molecule has 2 heterocycles. The van der Waals surface area contributed by atoms with Crippen LogP contribution in [0.2, 0.25) is 0 Å². The van der Waals surface area contributed by atoms with E-state index in [1.54, 1.807) is 6.92 Å². The molecule has 2 aromatic rings. The Labute approximate surface area is 164 Å². The first-order chi connectivity index (χ1) is 12.9. The molecule has 1 aliphatic heterocycles. The molecule has 0 saturated heterocycles. The molecule has 146 valence electrons. The SMILES string of the molecule is C=C.CCc1ccc2c(c1)[C@H](Cc1nccc(C)n1)[C@@H](C)[C@H](C)N2C(C)=O.[HH]. The Balaban J connectivity index is 0.00000127. The van der Waals surface area contributed by atoms with Crippen molar-refractivity contribution < 1.29 is 6.22 Å². The van der Waals surface area contributed by atoms with Gasteiger partial charge in [-0.1, -0.05) is 26.0 Å². The highest BCUT2D eigenvalue weighted by molar-refractivity contribution is 5.93. The van der Waals surface area contributed by atoms with Crippen LogP contribution in [0.25, 0.3) is 0 Å². The predicted octanol–water partition coefficient (Wildman–Crippen LogP) is 5.11. The fourth-order valence-electron chi connectivity index (χ4n) is 3.96. The summed E-state index contributed by atoms with van der Waals surface area (Å²) < 4.78 is 0. The van der Waals surface area contributed by atoms with Crippen molar-refractivity contribution in [3.63, 3.8) is 0 Å². The van der Waals surface area contributed by atoms with Crippen LogP contribution in [-0.2, 0) is 17.6 Å². The van der Waals surface area contributed by atoms with Gasteiger partial charge in [-0.25, -0.2) is 9.97 Å². The van der Waals surface area contributed by atoms with Crippen molar-refractivity contribution in [2.75, 3.05) is 4.90 Å². The van der Waals surface area contributed by atoms with Gasteiger partial charge in [0, 0.05) is 38.4 Å². The molecule has 1 aromatic carbocycles. The van der Waals surface area contributed by atoms with Crippen molar-refractivity contribution in [3.8, 4) is 0 Å². The third kappa shape index (κ3) is 4.26. The largest absolute Gasteiger partial charge is 0.309 e. The van der Waals surface area contributed by atoms with Crippen LogP contribution >= 0.6 is 0 Å². The number of carbonyl (C=O) groups excluding carboxylic acids is 1. The van der Waals surface area contributed by atoms with Crippen LogP contribution in [0.15, 0.2) is 43.6 Å². The van der Waals surface area contributed by atoms with E-state index in [1.165, 1.54) is 11.1 Å². The fraction of sp³-hybridized carbons (Fsp3) is 0.435. The van der Waals surface area contributed by atoms with Crippen LogP contribution in [0.1, 0.15) is 57.7 Å². The van der Waals surface area contributed by atoms with Gasteiger partial charge in [-0.05, 0) is 55.4 Å². The second-order valence-electron chi connectivity index (χ2n) is 7.16. The number of aryl methyl sites for hydroxylation is 2. The van der Waals surface area contributed by atoms with Crippen LogP contribution in [0.4, 0.5) is 5.69 Å². The lowest BCUT2D eigenvalue weighted by Crippen LogP contribution is -2.47. The number of carbonyl (C=O) groups is 1. The van der Waals surface area contributed by atoms with E-state index < -0.39 is 0 Å². The average molecular weight is 368 g/mol. The van der Waals surface area contributed by atoms with Gasteiger partial charge in [0.2, 0.25) is 5.91 Å². The van der Waals surface area contributed by atoms with Gasteiger partial charge in [-0.15, -0.1) is 13.2 Å². The van der Waals surface area contributed by atoms with Crippen molar-refractivity contribution in [1.82, 2.24) is 9.97 Å². The Bertz CT molecular complexity index is 808. The number of benzene rings is 1. The summed E-state index contributed by atoms with van der Waals surface area (Å²) in [6.07, 6.45) is 3.63. The Kier molecular flexibility index (Phi) is 6.89. The number of rotatable bonds is 3. The van der Waals surface area contributed by atoms with Gasteiger partial charge >= 0.3 is 0 Å². The second-order valence-corrected chi connectivity index (χ2v) is 7.16. The van der Waals surface area contributed by atoms with Gasteiger partial charge in [0.05, 0.1) is 0 Å². The number of nitrogens with zero attached hydrogens (tertiary/aromatic N) is 3. The monoisotopic (exact) mass is 367 g/mol. The molecule has 0 spiro atoms. The first-order valence-electron chi connectivity index (χ1n) is 9.63. The molecule has 27 heavy (non-hydrogen) atoms. The zero-order valence-electron chi connectivity index (χ0n) is 17.2. The Morgan fingerprint density at radius 2 is 1.96 bits per heavy atom. The van der Waals surface area contributed by atoms with Crippen molar-refractivity contribution in [1.29, 1.82) is 0 Å². The Hall–Kier alpha value is -2.49. The average Bonchev–Trinajstić information content (AvgIpc) is 2.66. The van der Waals surface area contributed by atoms with Gasteiger partial charge in [0.25, 0.3) is 0 Å².